The van der Waals surface area contributed by atoms with Crippen molar-refractivity contribution in [3.8, 4) is 0 Å². The molecule has 2 unspecified atom stereocenters. The zero-order valence-corrected chi connectivity index (χ0v) is 9.39. The number of hydrogen-bond acceptors (Lipinski definition) is 1. The Labute approximate surface area is 88.0 Å². The van der Waals surface area contributed by atoms with Crippen molar-refractivity contribution in [2.24, 2.45) is 17.3 Å². The van der Waals surface area contributed by atoms with Crippen molar-refractivity contribution >= 4 is 0 Å². The number of hydrogen-bond donors (Lipinski definition) is 1. The van der Waals surface area contributed by atoms with E-state index in [2.05, 4.69) is 18.8 Å². The highest BCUT2D eigenvalue weighted by Crippen LogP contribution is 2.61. The van der Waals surface area contributed by atoms with Crippen LogP contribution >= 0.6 is 0 Å². The van der Waals surface area contributed by atoms with E-state index in [9.17, 15) is 0 Å². The molecule has 0 bridgehead atoms. The van der Waals surface area contributed by atoms with Gasteiger partial charge in [-0.3, -0.25) is 0 Å². The third-order valence-corrected chi connectivity index (χ3v) is 4.47. The molecule has 0 aromatic carbocycles. The highest BCUT2D eigenvalue weighted by Gasteiger charge is 2.50. The molecular formula is C13H23N. The van der Waals surface area contributed by atoms with Crippen LogP contribution < -0.4 is 5.32 Å². The van der Waals surface area contributed by atoms with E-state index >= 15 is 0 Å². The molecule has 2 aliphatic carbocycles. The van der Waals surface area contributed by atoms with Crippen molar-refractivity contribution < 1.29 is 0 Å². The molecule has 1 heteroatoms. The van der Waals surface area contributed by atoms with Crippen molar-refractivity contribution in [1.82, 2.24) is 5.32 Å². The standard InChI is InChI=1S/C13H23N/c1-3-12-9-11(10-14-4-2)5-6-13(12)7-8-13/h4,11-12,14H,2-3,5-10H2,1H3. The summed E-state index contributed by atoms with van der Waals surface area (Å²) < 4.78 is 0. The van der Waals surface area contributed by atoms with E-state index in [4.69, 9.17) is 0 Å². The minimum absolute atomic E-state index is 0.819. The van der Waals surface area contributed by atoms with E-state index in [-0.39, 0.29) is 0 Å². The van der Waals surface area contributed by atoms with Crippen molar-refractivity contribution in [2.75, 3.05) is 6.54 Å². The summed E-state index contributed by atoms with van der Waals surface area (Å²) in [5.41, 5.74) is 0.819. The molecule has 0 aromatic rings. The van der Waals surface area contributed by atoms with E-state index < -0.39 is 0 Å². The fourth-order valence-corrected chi connectivity index (χ4v) is 3.32. The molecule has 2 saturated carbocycles. The van der Waals surface area contributed by atoms with Gasteiger partial charge in [-0.25, -0.2) is 0 Å². The van der Waals surface area contributed by atoms with Crippen molar-refractivity contribution in [1.29, 1.82) is 0 Å². The van der Waals surface area contributed by atoms with Gasteiger partial charge in [0.2, 0.25) is 0 Å². The fraction of sp³-hybridized carbons (Fsp3) is 0.846. The molecule has 0 aliphatic heterocycles. The molecule has 0 amide bonds. The van der Waals surface area contributed by atoms with Crippen LogP contribution in [0.5, 0.6) is 0 Å². The SMILES string of the molecule is C=CNCC1CCC2(CC2)C(CC)C1. The highest BCUT2D eigenvalue weighted by atomic mass is 14.8. The van der Waals surface area contributed by atoms with Crippen LogP contribution in [0.15, 0.2) is 12.8 Å². The average molecular weight is 193 g/mol. The van der Waals surface area contributed by atoms with Crippen molar-refractivity contribution in [2.45, 2.75) is 45.4 Å². The first-order chi connectivity index (χ1) is 6.80. The highest BCUT2D eigenvalue weighted by molar-refractivity contribution is 5.01. The molecule has 1 spiro atoms. The van der Waals surface area contributed by atoms with Gasteiger partial charge in [0.05, 0.1) is 0 Å². The van der Waals surface area contributed by atoms with Crippen molar-refractivity contribution in [3.05, 3.63) is 12.8 Å². The zero-order chi connectivity index (χ0) is 10.0. The largest absolute Gasteiger partial charge is 0.391 e. The van der Waals surface area contributed by atoms with Gasteiger partial charge in [-0.2, -0.15) is 0 Å². The lowest BCUT2D eigenvalue weighted by Gasteiger charge is -2.36. The van der Waals surface area contributed by atoms with E-state index in [0.717, 1.165) is 23.8 Å². The number of nitrogens with one attached hydrogen (secondary N) is 1. The molecule has 2 fully saturated rings. The van der Waals surface area contributed by atoms with Gasteiger partial charge in [-0.15, -0.1) is 0 Å². The van der Waals surface area contributed by atoms with Gasteiger partial charge >= 0.3 is 0 Å². The molecule has 0 radical (unpaired) electrons. The summed E-state index contributed by atoms with van der Waals surface area (Å²) in [4.78, 5) is 0. The molecular weight excluding hydrogens is 170 g/mol. The lowest BCUT2D eigenvalue weighted by atomic mass is 9.70. The van der Waals surface area contributed by atoms with Gasteiger partial charge in [0, 0.05) is 6.54 Å². The average Bonchev–Trinajstić information content (AvgIpc) is 2.98. The summed E-state index contributed by atoms with van der Waals surface area (Å²) in [7, 11) is 0. The zero-order valence-electron chi connectivity index (χ0n) is 9.39. The second kappa shape index (κ2) is 3.96. The Hall–Kier alpha value is -0.460. The van der Waals surface area contributed by atoms with Gasteiger partial charge in [-0.1, -0.05) is 19.9 Å². The van der Waals surface area contributed by atoms with Gasteiger partial charge in [0.1, 0.15) is 0 Å². The minimum atomic E-state index is 0.819. The van der Waals surface area contributed by atoms with Gasteiger partial charge in [-0.05, 0) is 55.6 Å². The summed E-state index contributed by atoms with van der Waals surface area (Å²) in [6.45, 7) is 7.23. The lowest BCUT2D eigenvalue weighted by Crippen LogP contribution is -2.30. The predicted molar refractivity (Wildman–Crippen MR) is 61.0 cm³/mol. The van der Waals surface area contributed by atoms with E-state index in [1.165, 1.54) is 38.5 Å². The first kappa shape index (κ1) is 10.1. The first-order valence-corrected chi connectivity index (χ1v) is 6.15. The Morgan fingerprint density at radius 3 is 2.79 bits per heavy atom. The molecule has 2 aliphatic rings. The first-order valence-electron chi connectivity index (χ1n) is 6.15. The Bertz CT molecular complexity index is 205. The van der Waals surface area contributed by atoms with Crippen molar-refractivity contribution in [3.63, 3.8) is 0 Å². The molecule has 14 heavy (non-hydrogen) atoms. The van der Waals surface area contributed by atoms with Gasteiger partial charge < -0.3 is 5.32 Å². The Morgan fingerprint density at radius 1 is 1.43 bits per heavy atom. The topological polar surface area (TPSA) is 12.0 Å². The summed E-state index contributed by atoms with van der Waals surface area (Å²) in [6, 6.07) is 0. The van der Waals surface area contributed by atoms with E-state index in [1.807, 2.05) is 6.20 Å². The Morgan fingerprint density at radius 2 is 2.21 bits per heavy atom. The maximum atomic E-state index is 3.71. The second-order valence-electron chi connectivity index (χ2n) is 5.22. The maximum absolute atomic E-state index is 3.71. The Balaban J connectivity index is 1.85. The summed E-state index contributed by atoms with van der Waals surface area (Å²) >= 11 is 0. The molecule has 1 N–H and O–H groups in total. The van der Waals surface area contributed by atoms with Crippen LogP contribution in [0.25, 0.3) is 0 Å². The van der Waals surface area contributed by atoms with Crippen LogP contribution in [-0.4, -0.2) is 6.54 Å². The lowest BCUT2D eigenvalue weighted by molar-refractivity contribution is 0.154. The predicted octanol–water partition coefficient (Wildman–Crippen LogP) is 3.33. The van der Waals surface area contributed by atoms with Crippen LogP contribution in [0.4, 0.5) is 0 Å². The molecule has 2 rings (SSSR count). The normalized spacial score (nSPS) is 34.1. The van der Waals surface area contributed by atoms with Crippen LogP contribution in [0.2, 0.25) is 0 Å². The monoisotopic (exact) mass is 193 g/mol. The summed E-state index contributed by atoms with van der Waals surface area (Å²) in [5.74, 6) is 1.93. The van der Waals surface area contributed by atoms with Crippen LogP contribution in [-0.2, 0) is 0 Å². The van der Waals surface area contributed by atoms with E-state index in [1.54, 1.807) is 0 Å². The molecule has 2 atom stereocenters. The van der Waals surface area contributed by atoms with Gasteiger partial charge in [0.15, 0.2) is 0 Å². The Kier molecular flexibility index (Phi) is 2.85. The van der Waals surface area contributed by atoms with Crippen LogP contribution in [0.1, 0.15) is 45.4 Å². The smallest absolute Gasteiger partial charge is 0.0169 e. The molecule has 0 aromatic heterocycles. The minimum Gasteiger partial charge on any atom is -0.391 e. The molecule has 0 heterocycles. The van der Waals surface area contributed by atoms with Crippen LogP contribution in [0.3, 0.4) is 0 Å². The van der Waals surface area contributed by atoms with Crippen LogP contribution in [0, 0.1) is 17.3 Å². The molecule has 80 valence electrons. The third kappa shape index (κ3) is 1.82. The maximum Gasteiger partial charge on any atom is 0.0169 e. The fourth-order valence-electron chi connectivity index (χ4n) is 3.32. The second-order valence-corrected chi connectivity index (χ2v) is 5.22. The van der Waals surface area contributed by atoms with E-state index in [0.29, 0.717) is 0 Å². The quantitative estimate of drug-likeness (QED) is 0.722. The summed E-state index contributed by atoms with van der Waals surface area (Å²) in [5, 5.41) is 3.27. The molecule has 1 nitrogen and oxygen atoms in total. The third-order valence-electron chi connectivity index (χ3n) is 4.47. The molecule has 0 saturated heterocycles. The van der Waals surface area contributed by atoms with Gasteiger partial charge in [0.25, 0.3) is 0 Å². The summed E-state index contributed by atoms with van der Waals surface area (Å²) in [6.07, 6.45) is 10.7. The number of rotatable bonds is 4.